The fourth-order valence-electron chi connectivity index (χ4n) is 3.43. The number of aryl methyl sites for hydroxylation is 1. The molecule has 9 nitrogen and oxygen atoms in total. The molecule has 10 heteroatoms. The summed E-state index contributed by atoms with van der Waals surface area (Å²) in [7, 11) is -0.603. The zero-order valence-corrected chi connectivity index (χ0v) is 18.3. The van der Waals surface area contributed by atoms with Crippen molar-refractivity contribution in [1.82, 2.24) is 24.1 Å². The lowest BCUT2D eigenvalue weighted by Gasteiger charge is -2.11. The molecule has 2 aromatic heterocycles. The molecule has 0 unspecified atom stereocenters. The maximum atomic E-state index is 12.6. The Morgan fingerprint density at radius 3 is 2.71 bits per heavy atom. The fraction of sp³-hybridized carbons (Fsp3) is 0.286. The van der Waals surface area contributed by atoms with Crippen molar-refractivity contribution in [2.45, 2.75) is 31.4 Å². The van der Waals surface area contributed by atoms with Gasteiger partial charge in [0.25, 0.3) is 0 Å². The molecule has 4 aromatic rings. The summed E-state index contributed by atoms with van der Waals surface area (Å²) in [5.41, 5.74) is 2.29. The highest BCUT2D eigenvalue weighted by atomic mass is 32.2. The van der Waals surface area contributed by atoms with Crippen LogP contribution in [0.1, 0.15) is 29.7 Å². The van der Waals surface area contributed by atoms with E-state index in [2.05, 4.69) is 15.2 Å². The van der Waals surface area contributed by atoms with E-state index in [4.69, 9.17) is 4.74 Å². The third-order valence-corrected chi connectivity index (χ3v) is 6.83. The third-order valence-electron chi connectivity index (χ3n) is 5.02. The highest BCUT2D eigenvalue weighted by molar-refractivity contribution is 7.89. The summed E-state index contributed by atoms with van der Waals surface area (Å²) in [5, 5.41) is 7.57. The maximum absolute atomic E-state index is 12.6. The van der Waals surface area contributed by atoms with Crippen LogP contribution in [0.2, 0.25) is 0 Å². The van der Waals surface area contributed by atoms with Crippen LogP contribution in [0.25, 0.3) is 21.9 Å². The fourth-order valence-corrected chi connectivity index (χ4v) is 4.35. The Balaban J connectivity index is 1.64. The van der Waals surface area contributed by atoms with Gasteiger partial charge < -0.3 is 9.30 Å². The number of H-pyrrole nitrogens is 1. The molecule has 0 atom stereocenters. The van der Waals surface area contributed by atoms with Crippen molar-refractivity contribution in [3.63, 3.8) is 0 Å². The van der Waals surface area contributed by atoms with Crippen LogP contribution in [-0.2, 0) is 27.9 Å². The number of aromatic amines is 1. The summed E-state index contributed by atoms with van der Waals surface area (Å²) in [6, 6.07) is 12.2. The van der Waals surface area contributed by atoms with Crippen LogP contribution in [-0.4, -0.2) is 52.5 Å². The number of hydrogen-bond donors (Lipinski definition) is 1. The van der Waals surface area contributed by atoms with E-state index in [1.807, 2.05) is 29.7 Å². The first kappa shape index (κ1) is 21.0. The minimum atomic E-state index is -3.57. The first-order valence-corrected chi connectivity index (χ1v) is 11.3. The van der Waals surface area contributed by atoms with Gasteiger partial charge in [-0.1, -0.05) is 25.1 Å². The Morgan fingerprint density at radius 1 is 1.19 bits per heavy atom. The van der Waals surface area contributed by atoms with E-state index in [0.29, 0.717) is 23.3 Å². The summed E-state index contributed by atoms with van der Waals surface area (Å²) in [6.45, 7) is 2.64. The molecule has 162 valence electrons. The number of carbonyl (C=O) groups is 1. The number of fused-ring (bicyclic) bond motifs is 2. The second-order valence-electron chi connectivity index (χ2n) is 7.31. The maximum Gasteiger partial charge on any atom is 0.359 e. The second kappa shape index (κ2) is 8.12. The Labute approximate surface area is 179 Å². The Hall–Kier alpha value is -3.24. The molecule has 0 saturated heterocycles. The van der Waals surface area contributed by atoms with Crippen LogP contribution in [0.5, 0.6) is 0 Å². The summed E-state index contributed by atoms with van der Waals surface area (Å²) in [4.78, 5) is 17.3. The van der Waals surface area contributed by atoms with Gasteiger partial charge in [0, 0.05) is 26.0 Å². The normalized spacial score (nSPS) is 12.1. The van der Waals surface area contributed by atoms with Gasteiger partial charge in [-0.15, -0.1) is 0 Å². The molecule has 0 aliphatic rings. The number of imidazole rings is 1. The van der Waals surface area contributed by atoms with Crippen molar-refractivity contribution in [2.24, 2.45) is 0 Å². The number of esters is 1. The standard InChI is InChI=1S/C21H23N5O4S/c1-4-11-26-18-10-9-14(31(28,29)25(2)3)12-17(18)22-19(26)13-30-21(27)20-15-7-5-6-8-16(15)23-24-20/h5-10,12H,4,11,13H2,1-3H3,(H,23,24). The van der Waals surface area contributed by atoms with Crippen molar-refractivity contribution in [2.75, 3.05) is 14.1 Å². The van der Waals surface area contributed by atoms with Crippen molar-refractivity contribution in [3.8, 4) is 0 Å². The van der Waals surface area contributed by atoms with E-state index in [1.165, 1.54) is 14.1 Å². The summed E-state index contributed by atoms with van der Waals surface area (Å²) >= 11 is 0. The van der Waals surface area contributed by atoms with Crippen LogP contribution in [0, 0.1) is 0 Å². The molecule has 0 saturated carbocycles. The average molecular weight is 442 g/mol. The van der Waals surface area contributed by atoms with Gasteiger partial charge in [-0.25, -0.2) is 22.5 Å². The lowest BCUT2D eigenvalue weighted by molar-refractivity contribution is 0.0453. The molecule has 1 N–H and O–H groups in total. The number of aromatic nitrogens is 4. The van der Waals surface area contributed by atoms with Gasteiger partial charge in [0.15, 0.2) is 5.69 Å². The molecule has 0 amide bonds. The van der Waals surface area contributed by atoms with E-state index in [-0.39, 0.29) is 17.2 Å². The molecule has 4 rings (SSSR count). The number of nitrogens with zero attached hydrogens (tertiary/aromatic N) is 4. The molecule has 0 spiro atoms. The number of sulfonamides is 1. The zero-order valence-electron chi connectivity index (χ0n) is 17.5. The summed E-state index contributed by atoms with van der Waals surface area (Å²) in [6.07, 6.45) is 0.841. The van der Waals surface area contributed by atoms with Crippen LogP contribution < -0.4 is 0 Å². The Morgan fingerprint density at radius 2 is 1.97 bits per heavy atom. The largest absolute Gasteiger partial charge is 0.453 e. The van der Waals surface area contributed by atoms with Crippen LogP contribution in [0.15, 0.2) is 47.4 Å². The lowest BCUT2D eigenvalue weighted by Crippen LogP contribution is -2.22. The van der Waals surface area contributed by atoms with Gasteiger partial charge >= 0.3 is 5.97 Å². The predicted octanol–water partition coefficient (Wildman–Crippen LogP) is 2.93. The molecular weight excluding hydrogens is 418 g/mol. The highest BCUT2D eigenvalue weighted by Gasteiger charge is 2.21. The second-order valence-corrected chi connectivity index (χ2v) is 9.46. The van der Waals surface area contributed by atoms with Gasteiger partial charge in [0.2, 0.25) is 10.0 Å². The molecule has 0 bridgehead atoms. The zero-order chi connectivity index (χ0) is 22.2. The SMILES string of the molecule is CCCn1c(COC(=O)c2n[nH]c3ccccc23)nc2cc(S(=O)(=O)N(C)C)ccc21. The van der Waals surface area contributed by atoms with Crippen LogP contribution in [0.3, 0.4) is 0 Å². The number of rotatable bonds is 7. The molecule has 31 heavy (non-hydrogen) atoms. The molecule has 0 aliphatic heterocycles. The topological polar surface area (TPSA) is 110 Å². The van der Waals surface area contributed by atoms with E-state index >= 15 is 0 Å². The first-order valence-electron chi connectivity index (χ1n) is 9.85. The molecule has 2 heterocycles. The quantitative estimate of drug-likeness (QED) is 0.442. The van der Waals surface area contributed by atoms with Gasteiger partial charge in [0.1, 0.15) is 12.4 Å². The highest BCUT2D eigenvalue weighted by Crippen LogP contribution is 2.23. The number of carbonyl (C=O) groups excluding carboxylic acids is 1. The third kappa shape index (κ3) is 3.79. The molecule has 0 aliphatic carbocycles. The summed E-state index contributed by atoms with van der Waals surface area (Å²) in [5.74, 6) is -0.00660. The van der Waals surface area contributed by atoms with Crippen LogP contribution in [0.4, 0.5) is 0 Å². The number of benzene rings is 2. The first-order chi connectivity index (χ1) is 14.8. The van der Waals surface area contributed by atoms with E-state index in [0.717, 1.165) is 21.8 Å². The number of nitrogens with one attached hydrogen (secondary N) is 1. The summed E-state index contributed by atoms with van der Waals surface area (Å²) < 4.78 is 33.5. The van der Waals surface area contributed by atoms with Crippen LogP contribution >= 0.6 is 0 Å². The molecule has 0 fully saturated rings. The number of para-hydroxylation sites is 1. The smallest absolute Gasteiger partial charge is 0.359 e. The van der Waals surface area contributed by atoms with E-state index in [9.17, 15) is 13.2 Å². The number of ether oxygens (including phenoxy) is 1. The van der Waals surface area contributed by atoms with Crippen molar-refractivity contribution in [1.29, 1.82) is 0 Å². The van der Waals surface area contributed by atoms with E-state index in [1.54, 1.807) is 24.3 Å². The average Bonchev–Trinajstić information content (AvgIpc) is 3.33. The van der Waals surface area contributed by atoms with Crippen molar-refractivity contribution >= 4 is 37.9 Å². The minimum absolute atomic E-state index is 0.0511. The van der Waals surface area contributed by atoms with Gasteiger partial charge in [0.05, 0.1) is 21.4 Å². The monoisotopic (exact) mass is 441 g/mol. The molecular formula is C21H23N5O4S. The Bertz CT molecular complexity index is 1370. The van der Waals surface area contributed by atoms with Crippen molar-refractivity contribution < 1.29 is 17.9 Å². The van der Waals surface area contributed by atoms with Crippen molar-refractivity contribution in [3.05, 3.63) is 54.0 Å². The molecule has 2 aromatic carbocycles. The molecule has 0 radical (unpaired) electrons. The number of hydrogen-bond acceptors (Lipinski definition) is 6. The van der Waals surface area contributed by atoms with Gasteiger partial charge in [-0.05, 0) is 30.7 Å². The Kier molecular flexibility index (Phi) is 5.50. The predicted molar refractivity (Wildman–Crippen MR) is 116 cm³/mol. The van der Waals surface area contributed by atoms with Gasteiger partial charge in [-0.3, -0.25) is 5.10 Å². The van der Waals surface area contributed by atoms with E-state index < -0.39 is 16.0 Å². The minimum Gasteiger partial charge on any atom is -0.453 e. The lowest BCUT2D eigenvalue weighted by atomic mass is 10.2. The van der Waals surface area contributed by atoms with Gasteiger partial charge in [-0.2, -0.15) is 5.10 Å².